The topological polar surface area (TPSA) is 95.4 Å². The van der Waals surface area contributed by atoms with Crippen molar-refractivity contribution in [1.29, 1.82) is 0 Å². The highest BCUT2D eigenvalue weighted by Crippen LogP contribution is 2.42. The number of methoxy groups -OCH3 is 1. The number of rotatable bonds is 5. The number of ether oxygens (including phenoxy) is 1. The van der Waals surface area contributed by atoms with E-state index in [0.29, 0.717) is 17.1 Å². The lowest BCUT2D eigenvalue weighted by Crippen LogP contribution is -2.39. The number of halogens is 1. The minimum atomic E-state index is -3.94. The summed E-state index contributed by atoms with van der Waals surface area (Å²) in [4.78, 5) is 0. The third-order valence-electron chi connectivity index (χ3n) is 5.52. The van der Waals surface area contributed by atoms with Gasteiger partial charge in [0.25, 0.3) is 0 Å². The molecule has 0 spiro atoms. The van der Waals surface area contributed by atoms with Gasteiger partial charge in [-0.25, -0.2) is 13.6 Å². The summed E-state index contributed by atoms with van der Waals surface area (Å²) in [5.41, 5.74) is 3.99. The van der Waals surface area contributed by atoms with E-state index in [9.17, 15) is 8.42 Å². The van der Waals surface area contributed by atoms with E-state index < -0.39 is 14.8 Å². The average Bonchev–Trinajstić information content (AvgIpc) is 3.11. The van der Waals surface area contributed by atoms with Crippen LogP contribution in [0.2, 0.25) is 0 Å². The maximum atomic E-state index is 12.7. The fourth-order valence-electron chi connectivity index (χ4n) is 3.74. The molecule has 1 aromatic heterocycles. The first-order valence-corrected chi connectivity index (χ1v) is 11.9. The summed E-state index contributed by atoms with van der Waals surface area (Å²) >= 11 is 3.53. The van der Waals surface area contributed by atoms with Gasteiger partial charge < -0.3 is 9.26 Å². The van der Waals surface area contributed by atoms with Crippen molar-refractivity contribution in [2.75, 3.05) is 7.11 Å². The van der Waals surface area contributed by atoms with Gasteiger partial charge in [0.1, 0.15) is 10.5 Å². The summed E-state index contributed by atoms with van der Waals surface area (Å²) in [6.45, 7) is 1.86. The number of aromatic nitrogens is 1. The maximum absolute atomic E-state index is 12.7. The van der Waals surface area contributed by atoms with Crippen LogP contribution in [0.1, 0.15) is 23.2 Å². The van der Waals surface area contributed by atoms with Crippen LogP contribution in [-0.2, 0) is 14.8 Å². The second-order valence-corrected chi connectivity index (χ2v) is 9.93. The van der Waals surface area contributed by atoms with Crippen molar-refractivity contribution < 1.29 is 17.7 Å². The van der Waals surface area contributed by atoms with Crippen molar-refractivity contribution in [3.05, 3.63) is 88.1 Å². The van der Waals surface area contributed by atoms with Gasteiger partial charge in [0, 0.05) is 5.56 Å². The molecule has 0 saturated heterocycles. The fourth-order valence-corrected chi connectivity index (χ4v) is 5.14. The summed E-state index contributed by atoms with van der Waals surface area (Å²) in [6.07, 6.45) is 5.56. The molecule has 2 N–H and O–H groups in total. The van der Waals surface area contributed by atoms with Crippen molar-refractivity contribution in [3.8, 4) is 17.1 Å². The standard InChI is InChI=1S/C23H21BrN2O4S/c1-15-21(24)22(30-26-15)20-6-4-3-5-19(20)16-11-13-23(14-12-16,31(25,27)28)17-7-9-18(29-2)10-8-17/h3-13H,14H2,1-2H3,(H2,25,27,28). The minimum Gasteiger partial charge on any atom is -0.497 e. The molecule has 0 aliphatic heterocycles. The number of hydrogen-bond donors (Lipinski definition) is 1. The van der Waals surface area contributed by atoms with Crippen molar-refractivity contribution in [2.45, 2.75) is 18.1 Å². The molecule has 6 nitrogen and oxygen atoms in total. The summed E-state index contributed by atoms with van der Waals surface area (Å²) in [6, 6.07) is 14.7. The summed E-state index contributed by atoms with van der Waals surface area (Å²) in [5.74, 6) is 1.27. The molecule has 4 rings (SSSR count). The fraction of sp³-hybridized carbons (Fsp3) is 0.174. The molecule has 0 fully saturated rings. The maximum Gasteiger partial charge on any atom is 0.223 e. The molecule has 1 aliphatic rings. The molecule has 1 heterocycles. The van der Waals surface area contributed by atoms with Crippen LogP contribution in [0.15, 0.2) is 75.8 Å². The van der Waals surface area contributed by atoms with E-state index in [4.69, 9.17) is 14.4 Å². The smallest absolute Gasteiger partial charge is 0.223 e. The van der Waals surface area contributed by atoms with Crippen molar-refractivity contribution in [3.63, 3.8) is 0 Å². The summed E-state index contributed by atoms with van der Waals surface area (Å²) in [7, 11) is -2.38. The zero-order valence-corrected chi connectivity index (χ0v) is 19.4. The predicted molar refractivity (Wildman–Crippen MR) is 124 cm³/mol. The molecule has 2 aromatic carbocycles. The molecule has 0 radical (unpaired) electrons. The molecule has 1 atom stereocenters. The number of nitrogens with zero attached hydrogens (tertiary/aromatic N) is 1. The van der Waals surface area contributed by atoms with Gasteiger partial charge in [-0.15, -0.1) is 0 Å². The highest BCUT2D eigenvalue weighted by molar-refractivity contribution is 9.10. The largest absolute Gasteiger partial charge is 0.497 e. The van der Waals surface area contributed by atoms with Crippen LogP contribution in [0.3, 0.4) is 0 Å². The van der Waals surface area contributed by atoms with Crippen LogP contribution in [0, 0.1) is 6.92 Å². The van der Waals surface area contributed by atoms with Crippen LogP contribution in [0.4, 0.5) is 0 Å². The Kier molecular flexibility index (Phi) is 5.63. The van der Waals surface area contributed by atoms with Crippen molar-refractivity contribution in [2.24, 2.45) is 5.14 Å². The molecular formula is C23H21BrN2O4S. The highest BCUT2D eigenvalue weighted by Gasteiger charge is 2.41. The molecule has 1 aliphatic carbocycles. The number of allylic oxidation sites excluding steroid dienone is 3. The number of hydrogen-bond acceptors (Lipinski definition) is 5. The van der Waals surface area contributed by atoms with Gasteiger partial charge in [-0.3, -0.25) is 0 Å². The Bertz CT molecular complexity index is 1290. The van der Waals surface area contributed by atoms with Gasteiger partial charge in [0.2, 0.25) is 10.0 Å². The minimum absolute atomic E-state index is 0.203. The lowest BCUT2D eigenvalue weighted by Gasteiger charge is -2.31. The van der Waals surface area contributed by atoms with E-state index >= 15 is 0 Å². The number of aryl methyl sites for hydroxylation is 1. The normalized spacial score (nSPS) is 18.6. The van der Waals surface area contributed by atoms with E-state index in [2.05, 4.69) is 21.1 Å². The molecule has 0 amide bonds. The van der Waals surface area contributed by atoms with Gasteiger partial charge in [0.15, 0.2) is 5.76 Å². The average molecular weight is 501 g/mol. The molecule has 1 unspecified atom stereocenters. The van der Waals surface area contributed by atoms with Crippen LogP contribution in [-0.4, -0.2) is 20.7 Å². The molecule has 160 valence electrons. The Labute approximate surface area is 189 Å². The molecular weight excluding hydrogens is 480 g/mol. The zero-order chi connectivity index (χ0) is 22.2. The summed E-state index contributed by atoms with van der Waals surface area (Å²) < 4.78 is 35.5. The lowest BCUT2D eigenvalue weighted by molar-refractivity contribution is 0.414. The van der Waals surface area contributed by atoms with Crippen molar-refractivity contribution in [1.82, 2.24) is 5.16 Å². The summed E-state index contributed by atoms with van der Waals surface area (Å²) in [5, 5.41) is 9.73. The molecule has 8 heteroatoms. The second kappa shape index (κ2) is 8.11. The number of primary sulfonamides is 1. The molecule has 0 bridgehead atoms. The monoisotopic (exact) mass is 500 g/mol. The van der Waals surface area contributed by atoms with E-state index in [1.54, 1.807) is 43.5 Å². The van der Waals surface area contributed by atoms with E-state index in [-0.39, 0.29) is 6.42 Å². The lowest BCUT2D eigenvalue weighted by atomic mass is 9.86. The third-order valence-corrected chi connectivity index (χ3v) is 8.01. The quantitative estimate of drug-likeness (QED) is 0.534. The van der Waals surface area contributed by atoms with Gasteiger partial charge in [-0.05, 0) is 58.1 Å². The van der Waals surface area contributed by atoms with Gasteiger partial charge in [-0.2, -0.15) is 0 Å². The van der Waals surface area contributed by atoms with Crippen molar-refractivity contribution >= 4 is 31.5 Å². The van der Waals surface area contributed by atoms with Crippen LogP contribution >= 0.6 is 15.9 Å². The zero-order valence-electron chi connectivity index (χ0n) is 17.0. The predicted octanol–water partition coefficient (Wildman–Crippen LogP) is 4.95. The highest BCUT2D eigenvalue weighted by atomic mass is 79.9. The van der Waals surface area contributed by atoms with E-state index in [1.165, 1.54) is 0 Å². The first-order chi connectivity index (χ1) is 14.8. The number of nitrogens with two attached hydrogens (primary N) is 1. The first kappa shape index (κ1) is 21.5. The van der Waals surface area contributed by atoms with Crippen LogP contribution in [0.25, 0.3) is 16.9 Å². The molecule has 31 heavy (non-hydrogen) atoms. The van der Waals surface area contributed by atoms with Crippen LogP contribution < -0.4 is 9.88 Å². The Morgan fingerprint density at radius 2 is 1.81 bits per heavy atom. The Morgan fingerprint density at radius 1 is 1.13 bits per heavy atom. The Hall–Kier alpha value is -2.68. The first-order valence-electron chi connectivity index (χ1n) is 9.54. The second-order valence-electron chi connectivity index (χ2n) is 7.32. The molecule has 3 aromatic rings. The third kappa shape index (κ3) is 3.75. The van der Waals surface area contributed by atoms with E-state index in [0.717, 1.165) is 26.9 Å². The Balaban J connectivity index is 1.77. The van der Waals surface area contributed by atoms with Crippen LogP contribution in [0.5, 0.6) is 5.75 Å². The molecule has 0 saturated carbocycles. The number of benzene rings is 2. The van der Waals surface area contributed by atoms with Gasteiger partial charge in [0.05, 0.1) is 17.3 Å². The van der Waals surface area contributed by atoms with E-state index in [1.807, 2.05) is 37.3 Å². The van der Waals surface area contributed by atoms with Gasteiger partial charge >= 0.3 is 0 Å². The Morgan fingerprint density at radius 3 is 2.32 bits per heavy atom. The van der Waals surface area contributed by atoms with Gasteiger partial charge in [-0.1, -0.05) is 59.8 Å². The number of sulfonamides is 1. The SMILES string of the molecule is COc1ccc(C2(S(N)(=O)=O)C=CC(c3ccccc3-c3onc(C)c3Br)=CC2)cc1.